The van der Waals surface area contributed by atoms with E-state index in [1.54, 1.807) is 24.3 Å². The van der Waals surface area contributed by atoms with Crippen molar-refractivity contribution in [3.63, 3.8) is 0 Å². The van der Waals surface area contributed by atoms with Crippen LogP contribution in [0.2, 0.25) is 0 Å². The van der Waals surface area contributed by atoms with Crippen LogP contribution in [-0.4, -0.2) is 15.8 Å². The molecule has 0 radical (unpaired) electrons. The number of furan rings is 1. The van der Waals surface area contributed by atoms with Crippen LogP contribution in [0.25, 0.3) is 11.0 Å². The maximum atomic E-state index is 12.2. The second-order valence-electron chi connectivity index (χ2n) is 4.10. The predicted octanol–water partition coefficient (Wildman–Crippen LogP) is 1.99. The summed E-state index contributed by atoms with van der Waals surface area (Å²) in [7, 11) is 0. The summed E-state index contributed by atoms with van der Waals surface area (Å²) in [6.45, 7) is 1.81. The molecule has 0 atom stereocenters. The molecule has 5 heteroatoms. The Bertz CT molecular complexity index is 792. The fourth-order valence-electron chi connectivity index (χ4n) is 1.91. The number of ketones is 1. The molecule has 1 aromatic carbocycles. The lowest BCUT2D eigenvalue weighted by Crippen LogP contribution is -2.01. The van der Waals surface area contributed by atoms with Crippen LogP contribution < -0.4 is 5.69 Å². The maximum absolute atomic E-state index is 12.2. The van der Waals surface area contributed by atoms with Gasteiger partial charge < -0.3 is 14.4 Å². The average Bonchev–Trinajstić information content (AvgIpc) is 2.91. The zero-order chi connectivity index (χ0) is 12.7. The summed E-state index contributed by atoms with van der Waals surface area (Å²) >= 11 is 0. The van der Waals surface area contributed by atoms with E-state index in [-0.39, 0.29) is 11.5 Å². The second-order valence-corrected chi connectivity index (χ2v) is 4.10. The van der Waals surface area contributed by atoms with Crippen molar-refractivity contribution >= 4 is 16.8 Å². The van der Waals surface area contributed by atoms with Gasteiger partial charge in [-0.15, -0.1) is 0 Å². The van der Waals surface area contributed by atoms with E-state index < -0.39 is 0 Å². The molecule has 0 saturated heterocycles. The molecule has 0 amide bonds. The van der Waals surface area contributed by atoms with E-state index in [4.69, 9.17) is 4.42 Å². The average molecular weight is 242 g/mol. The van der Waals surface area contributed by atoms with E-state index in [2.05, 4.69) is 9.97 Å². The van der Waals surface area contributed by atoms with Crippen LogP contribution in [-0.2, 0) is 0 Å². The summed E-state index contributed by atoms with van der Waals surface area (Å²) in [5, 5.41) is 0. The predicted molar refractivity (Wildman–Crippen MR) is 65.8 cm³/mol. The lowest BCUT2D eigenvalue weighted by atomic mass is 10.1. The normalized spacial score (nSPS) is 10.9. The van der Waals surface area contributed by atoms with Gasteiger partial charge in [-0.1, -0.05) is 0 Å². The molecule has 3 rings (SSSR count). The first-order valence-corrected chi connectivity index (χ1v) is 5.46. The number of aromatic amines is 2. The Morgan fingerprint density at radius 1 is 1.17 bits per heavy atom. The lowest BCUT2D eigenvalue weighted by molar-refractivity contribution is 0.101. The molecule has 3 aromatic rings. The molecule has 2 aromatic heterocycles. The molecule has 5 nitrogen and oxygen atoms in total. The molecule has 0 aliphatic rings. The summed E-state index contributed by atoms with van der Waals surface area (Å²) in [5.74, 6) is 0.133. The van der Waals surface area contributed by atoms with Crippen molar-refractivity contribution in [1.82, 2.24) is 9.97 Å². The fraction of sp³-hybridized carbons (Fsp3) is 0.0769. The first-order valence-electron chi connectivity index (χ1n) is 5.46. The van der Waals surface area contributed by atoms with E-state index in [9.17, 15) is 9.59 Å². The topological polar surface area (TPSA) is 78.9 Å². The highest BCUT2D eigenvalue weighted by atomic mass is 16.3. The number of carbonyl (C=O) groups excluding carboxylic acids is 1. The minimum atomic E-state index is -0.288. The Labute approximate surface area is 101 Å². The molecule has 18 heavy (non-hydrogen) atoms. The molecule has 0 saturated carbocycles. The summed E-state index contributed by atoms with van der Waals surface area (Å²) < 4.78 is 5.17. The number of hydrogen-bond acceptors (Lipinski definition) is 3. The highest BCUT2D eigenvalue weighted by Gasteiger charge is 2.15. The fourth-order valence-corrected chi connectivity index (χ4v) is 1.91. The minimum Gasteiger partial charge on any atom is -0.461 e. The minimum absolute atomic E-state index is 0.193. The molecule has 0 aliphatic carbocycles. The van der Waals surface area contributed by atoms with Gasteiger partial charge in [-0.2, -0.15) is 0 Å². The van der Waals surface area contributed by atoms with Crippen molar-refractivity contribution in [2.24, 2.45) is 0 Å². The van der Waals surface area contributed by atoms with Gasteiger partial charge in [0.1, 0.15) is 0 Å². The largest absolute Gasteiger partial charge is 0.461 e. The van der Waals surface area contributed by atoms with Gasteiger partial charge >= 0.3 is 5.69 Å². The third-order valence-electron chi connectivity index (χ3n) is 2.85. The molecule has 90 valence electrons. The number of nitrogens with one attached hydrogen (secondary N) is 2. The first-order chi connectivity index (χ1) is 8.65. The third kappa shape index (κ3) is 1.57. The van der Waals surface area contributed by atoms with Gasteiger partial charge in [-0.25, -0.2) is 4.79 Å². The summed E-state index contributed by atoms with van der Waals surface area (Å²) in [6, 6.07) is 6.73. The van der Waals surface area contributed by atoms with Crippen molar-refractivity contribution in [3.05, 3.63) is 57.9 Å². The number of imidazole rings is 1. The van der Waals surface area contributed by atoms with E-state index in [1.807, 2.05) is 6.92 Å². The van der Waals surface area contributed by atoms with Crippen LogP contribution in [0.1, 0.15) is 21.7 Å². The summed E-state index contributed by atoms with van der Waals surface area (Å²) in [5.41, 5.74) is 2.27. The van der Waals surface area contributed by atoms with Gasteiger partial charge in [0.25, 0.3) is 0 Å². The number of carbonyl (C=O) groups is 1. The van der Waals surface area contributed by atoms with Crippen LogP contribution in [0.4, 0.5) is 0 Å². The molecular weight excluding hydrogens is 232 g/mol. The Kier molecular flexibility index (Phi) is 2.19. The van der Waals surface area contributed by atoms with E-state index in [1.165, 1.54) is 6.26 Å². The molecule has 0 bridgehead atoms. The van der Waals surface area contributed by atoms with E-state index in [0.717, 1.165) is 5.56 Å². The number of aromatic nitrogens is 2. The highest BCUT2D eigenvalue weighted by molar-refractivity contribution is 6.09. The van der Waals surface area contributed by atoms with Crippen LogP contribution in [0.5, 0.6) is 0 Å². The Balaban J connectivity index is 2.12. The van der Waals surface area contributed by atoms with E-state index in [0.29, 0.717) is 22.4 Å². The molecule has 0 spiro atoms. The quantitative estimate of drug-likeness (QED) is 0.674. The van der Waals surface area contributed by atoms with Gasteiger partial charge in [-0.05, 0) is 36.8 Å². The van der Waals surface area contributed by atoms with Crippen LogP contribution in [0, 0.1) is 6.92 Å². The monoisotopic (exact) mass is 242 g/mol. The van der Waals surface area contributed by atoms with Gasteiger partial charge in [0, 0.05) is 5.56 Å². The first kappa shape index (κ1) is 10.6. The lowest BCUT2D eigenvalue weighted by Gasteiger charge is -1.99. The molecule has 0 aliphatic heterocycles. The van der Waals surface area contributed by atoms with Crippen molar-refractivity contribution in [1.29, 1.82) is 0 Å². The molecular formula is C13H10N2O3. The van der Waals surface area contributed by atoms with E-state index >= 15 is 0 Å². The SMILES string of the molecule is Cc1ccoc1C(=O)c1ccc2[nH]c(=O)[nH]c2c1. The zero-order valence-electron chi connectivity index (χ0n) is 9.61. The molecule has 0 unspecified atom stereocenters. The number of fused-ring (bicyclic) bond motifs is 1. The Hall–Kier alpha value is -2.56. The van der Waals surface area contributed by atoms with Gasteiger partial charge in [0.05, 0.1) is 17.3 Å². The zero-order valence-corrected chi connectivity index (χ0v) is 9.61. The van der Waals surface area contributed by atoms with Crippen molar-refractivity contribution in [2.75, 3.05) is 0 Å². The molecule has 2 heterocycles. The van der Waals surface area contributed by atoms with Crippen LogP contribution >= 0.6 is 0 Å². The maximum Gasteiger partial charge on any atom is 0.323 e. The van der Waals surface area contributed by atoms with Gasteiger partial charge in [0.15, 0.2) is 5.76 Å². The van der Waals surface area contributed by atoms with Crippen molar-refractivity contribution in [3.8, 4) is 0 Å². The smallest absolute Gasteiger partial charge is 0.323 e. The van der Waals surface area contributed by atoms with Crippen molar-refractivity contribution < 1.29 is 9.21 Å². The number of benzene rings is 1. The van der Waals surface area contributed by atoms with Gasteiger partial charge in [-0.3, -0.25) is 4.79 Å². The van der Waals surface area contributed by atoms with Gasteiger partial charge in [0.2, 0.25) is 5.78 Å². The summed E-state index contributed by atoms with van der Waals surface area (Å²) in [6.07, 6.45) is 1.49. The third-order valence-corrected chi connectivity index (χ3v) is 2.85. The molecule has 2 N–H and O–H groups in total. The Morgan fingerprint density at radius 3 is 2.67 bits per heavy atom. The number of rotatable bonds is 2. The van der Waals surface area contributed by atoms with Crippen LogP contribution in [0.15, 0.2) is 39.7 Å². The number of aryl methyl sites for hydroxylation is 1. The van der Waals surface area contributed by atoms with Crippen molar-refractivity contribution in [2.45, 2.75) is 6.92 Å². The summed E-state index contributed by atoms with van der Waals surface area (Å²) in [4.78, 5) is 28.6. The standard InChI is InChI=1S/C13H10N2O3/c1-7-4-5-18-12(7)11(16)8-2-3-9-10(6-8)15-13(17)14-9/h2-6H,1H3,(H2,14,15,17). The number of H-pyrrole nitrogens is 2. The Morgan fingerprint density at radius 2 is 1.94 bits per heavy atom. The number of hydrogen-bond donors (Lipinski definition) is 2. The molecule has 0 fully saturated rings. The highest BCUT2D eigenvalue weighted by Crippen LogP contribution is 2.17. The van der Waals surface area contributed by atoms with Crippen LogP contribution in [0.3, 0.4) is 0 Å². The second kappa shape index (κ2) is 3.73.